The summed E-state index contributed by atoms with van der Waals surface area (Å²) in [5.41, 5.74) is 1.06. The predicted molar refractivity (Wildman–Crippen MR) is 73.0 cm³/mol. The van der Waals surface area contributed by atoms with Crippen LogP contribution in [0, 0.1) is 0 Å². The summed E-state index contributed by atoms with van der Waals surface area (Å²) in [4.78, 5) is 10.8. The lowest BCUT2D eigenvalue weighted by Crippen LogP contribution is -2.36. The first-order valence-corrected chi connectivity index (χ1v) is 6.88. The van der Waals surface area contributed by atoms with Crippen molar-refractivity contribution in [3.63, 3.8) is 0 Å². The molecule has 4 heteroatoms. The lowest BCUT2D eigenvalue weighted by molar-refractivity contribution is -0.138. The van der Waals surface area contributed by atoms with Crippen molar-refractivity contribution < 1.29 is 14.6 Å². The number of carboxylic acid groups (broad SMARTS) is 1. The van der Waals surface area contributed by atoms with Gasteiger partial charge in [0.25, 0.3) is 0 Å². The first kappa shape index (κ1) is 14.0. The normalized spacial score (nSPS) is 20.9. The molecular weight excluding hydrogens is 242 g/mol. The van der Waals surface area contributed by atoms with Crippen molar-refractivity contribution in [1.82, 2.24) is 5.32 Å². The quantitative estimate of drug-likeness (QED) is 0.827. The van der Waals surface area contributed by atoms with Crippen molar-refractivity contribution in [2.75, 3.05) is 13.1 Å². The summed E-state index contributed by atoms with van der Waals surface area (Å²) in [5, 5.41) is 12.2. The number of hydrogen-bond donors (Lipinski definition) is 2. The second kappa shape index (κ2) is 7.26. The molecule has 2 N–H and O–H groups in total. The molecule has 1 aromatic carbocycles. The van der Waals surface area contributed by atoms with Crippen molar-refractivity contribution in [3.05, 3.63) is 35.9 Å². The first-order valence-electron chi connectivity index (χ1n) is 6.88. The SMILES string of the molecule is O=C(O)CCC(OC1CCCNC1)c1ccccc1. The van der Waals surface area contributed by atoms with Gasteiger partial charge in [0, 0.05) is 13.0 Å². The number of carboxylic acids is 1. The number of aliphatic carboxylic acids is 1. The second-order valence-electron chi connectivity index (χ2n) is 4.94. The summed E-state index contributed by atoms with van der Waals surface area (Å²) in [5.74, 6) is -0.772. The summed E-state index contributed by atoms with van der Waals surface area (Å²) >= 11 is 0. The molecular formula is C15H21NO3. The van der Waals surface area contributed by atoms with Crippen LogP contribution in [0.15, 0.2) is 30.3 Å². The third kappa shape index (κ3) is 4.65. The van der Waals surface area contributed by atoms with E-state index in [-0.39, 0.29) is 18.6 Å². The Morgan fingerprint density at radius 2 is 2.21 bits per heavy atom. The Morgan fingerprint density at radius 3 is 2.84 bits per heavy atom. The van der Waals surface area contributed by atoms with E-state index in [0.29, 0.717) is 6.42 Å². The van der Waals surface area contributed by atoms with E-state index in [4.69, 9.17) is 9.84 Å². The lowest BCUT2D eigenvalue weighted by Gasteiger charge is -2.28. The van der Waals surface area contributed by atoms with Crippen LogP contribution >= 0.6 is 0 Å². The largest absolute Gasteiger partial charge is 0.481 e. The molecule has 2 unspecified atom stereocenters. The third-order valence-corrected chi connectivity index (χ3v) is 3.40. The number of rotatable bonds is 6. The highest BCUT2D eigenvalue weighted by molar-refractivity contribution is 5.66. The minimum Gasteiger partial charge on any atom is -0.481 e. The molecule has 0 bridgehead atoms. The van der Waals surface area contributed by atoms with Gasteiger partial charge < -0.3 is 15.2 Å². The van der Waals surface area contributed by atoms with E-state index in [1.165, 1.54) is 0 Å². The van der Waals surface area contributed by atoms with Gasteiger partial charge in [-0.2, -0.15) is 0 Å². The van der Waals surface area contributed by atoms with Crippen LogP contribution in [0.4, 0.5) is 0 Å². The highest BCUT2D eigenvalue weighted by atomic mass is 16.5. The molecule has 19 heavy (non-hydrogen) atoms. The zero-order valence-electron chi connectivity index (χ0n) is 11.0. The number of piperidine rings is 1. The Hall–Kier alpha value is -1.39. The molecule has 104 valence electrons. The topological polar surface area (TPSA) is 58.6 Å². The molecule has 0 radical (unpaired) electrons. The predicted octanol–water partition coefficient (Wildman–Crippen LogP) is 2.36. The highest BCUT2D eigenvalue weighted by Gasteiger charge is 2.20. The van der Waals surface area contributed by atoms with Crippen LogP contribution in [-0.4, -0.2) is 30.3 Å². The monoisotopic (exact) mass is 263 g/mol. The van der Waals surface area contributed by atoms with Crippen LogP contribution in [0.1, 0.15) is 37.4 Å². The maximum absolute atomic E-state index is 10.8. The van der Waals surface area contributed by atoms with E-state index in [0.717, 1.165) is 31.5 Å². The van der Waals surface area contributed by atoms with Gasteiger partial charge >= 0.3 is 5.97 Å². The van der Waals surface area contributed by atoms with Gasteiger partial charge in [0.15, 0.2) is 0 Å². The molecule has 1 aromatic rings. The van der Waals surface area contributed by atoms with Crippen LogP contribution in [0.2, 0.25) is 0 Å². The maximum atomic E-state index is 10.8. The van der Waals surface area contributed by atoms with Crippen molar-refractivity contribution >= 4 is 5.97 Å². The van der Waals surface area contributed by atoms with E-state index < -0.39 is 5.97 Å². The van der Waals surface area contributed by atoms with E-state index in [2.05, 4.69) is 5.32 Å². The van der Waals surface area contributed by atoms with E-state index >= 15 is 0 Å². The molecule has 1 fully saturated rings. The molecule has 0 aromatic heterocycles. The van der Waals surface area contributed by atoms with Gasteiger partial charge in [-0.3, -0.25) is 4.79 Å². The molecule has 1 aliphatic rings. The first-order chi connectivity index (χ1) is 9.25. The van der Waals surface area contributed by atoms with Crippen LogP contribution in [0.3, 0.4) is 0 Å². The van der Waals surface area contributed by atoms with Crippen molar-refractivity contribution in [1.29, 1.82) is 0 Å². The number of carbonyl (C=O) groups is 1. The zero-order chi connectivity index (χ0) is 13.5. The Labute approximate surface area is 113 Å². The number of benzene rings is 1. The highest BCUT2D eigenvalue weighted by Crippen LogP contribution is 2.26. The molecule has 2 atom stereocenters. The van der Waals surface area contributed by atoms with Gasteiger partial charge in [-0.15, -0.1) is 0 Å². The summed E-state index contributed by atoms with van der Waals surface area (Å²) in [6.45, 7) is 1.90. The minimum atomic E-state index is -0.772. The van der Waals surface area contributed by atoms with Crippen LogP contribution in [-0.2, 0) is 9.53 Å². The van der Waals surface area contributed by atoms with Gasteiger partial charge in [-0.1, -0.05) is 30.3 Å². The van der Waals surface area contributed by atoms with Gasteiger partial charge in [0.05, 0.1) is 12.2 Å². The standard InChI is InChI=1S/C15H21NO3/c17-15(18)9-8-14(12-5-2-1-3-6-12)19-13-7-4-10-16-11-13/h1-3,5-6,13-14,16H,4,7-11H2,(H,17,18). The van der Waals surface area contributed by atoms with Gasteiger partial charge in [0.1, 0.15) is 0 Å². The molecule has 0 spiro atoms. The lowest BCUT2D eigenvalue weighted by atomic mass is 10.0. The fourth-order valence-electron chi connectivity index (χ4n) is 2.40. The summed E-state index contributed by atoms with van der Waals surface area (Å²) in [7, 11) is 0. The molecule has 0 amide bonds. The maximum Gasteiger partial charge on any atom is 0.303 e. The fraction of sp³-hybridized carbons (Fsp3) is 0.533. The molecule has 1 saturated heterocycles. The molecule has 4 nitrogen and oxygen atoms in total. The van der Waals surface area contributed by atoms with E-state index in [1.54, 1.807) is 0 Å². The summed E-state index contributed by atoms with van der Waals surface area (Å²) < 4.78 is 6.10. The average molecular weight is 263 g/mol. The smallest absolute Gasteiger partial charge is 0.303 e. The number of nitrogens with one attached hydrogen (secondary N) is 1. The molecule has 2 rings (SSSR count). The van der Waals surface area contributed by atoms with E-state index in [1.807, 2.05) is 30.3 Å². The average Bonchev–Trinajstić information content (AvgIpc) is 2.45. The Balaban J connectivity index is 1.98. The summed E-state index contributed by atoms with van der Waals surface area (Å²) in [6, 6.07) is 9.89. The van der Waals surface area contributed by atoms with Gasteiger partial charge in [0.2, 0.25) is 0 Å². The molecule has 0 saturated carbocycles. The van der Waals surface area contributed by atoms with Crippen molar-refractivity contribution in [2.45, 2.75) is 37.9 Å². The Bertz CT molecular complexity index is 388. The van der Waals surface area contributed by atoms with Gasteiger partial charge in [-0.25, -0.2) is 0 Å². The second-order valence-corrected chi connectivity index (χ2v) is 4.94. The van der Waals surface area contributed by atoms with Crippen molar-refractivity contribution in [3.8, 4) is 0 Å². The number of hydrogen-bond acceptors (Lipinski definition) is 3. The van der Waals surface area contributed by atoms with E-state index in [9.17, 15) is 4.79 Å². The number of ether oxygens (including phenoxy) is 1. The fourth-order valence-corrected chi connectivity index (χ4v) is 2.40. The van der Waals surface area contributed by atoms with Gasteiger partial charge in [-0.05, 0) is 31.4 Å². The van der Waals surface area contributed by atoms with Crippen molar-refractivity contribution in [2.24, 2.45) is 0 Å². The molecule has 0 aliphatic carbocycles. The van der Waals surface area contributed by atoms with Crippen LogP contribution in [0.5, 0.6) is 0 Å². The zero-order valence-corrected chi connectivity index (χ0v) is 11.0. The molecule has 1 heterocycles. The Morgan fingerprint density at radius 1 is 1.42 bits per heavy atom. The van der Waals surface area contributed by atoms with Crippen LogP contribution in [0.25, 0.3) is 0 Å². The molecule has 1 aliphatic heterocycles. The summed E-state index contributed by atoms with van der Waals surface area (Å²) in [6.07, 6.45) is 2.89. The Kier molecular flexibility index (Phi) is 5.36. The third-order valence-electron chi connectivity index (χ3n) is 3.40. The minimum absolute atomic E-state index is 0.123. The van der Waals surface area contributed by atoms with Crippen LogP contribution < -0.4 is 5.32 Å².